The van der Waals surface area contributed by atoms with Gasteiger partial charge in [-0.2, -0.15) is 0 Å². The number of hydrogen-bond donors (Lipinski definition) is 7. The van der Waals surface area contributed by atoms with Crippen LogP contribution in [0.15, 0.2) is 30.3 Å². The number of nitrogens with two attached hydrogens (primary N) is 2. The molecule has 0 spiro atoms. The zero-order valence-electron chi connectivity index (χ0n) is 20.1. The number of hydrogen-bond acceptors (Lipinski definition) is 7. The van der Waals surface area contributed by atoms with Crippen LogP contribution in [-0.4, -0.2) is 69.9 Å². The molecule has 0 aromatic heterocycles. The normalized spacial score (nSPS) is 14.1. The van der Waals surface area contributed by atoms with E-state index in [0.29, 0.717) is 5.56 Å². The molecule has 13 heteroatoms. The van der Waals surface area contributed by atoms with Crippen molar-refractivity contribution in [1.82, 2.24) is 16.0 Å². The lowest BCUT2D eigenvalue weighted by Crippen LogP contribution is -2.58. The molecule has 0 bridgehead atoms. The summed E-state index contributed by atoms with van der Waals surface area (Å²) in [5.74, 6) is -6.39. The van der Waals surface area contributed by atoms with Gasteiger partial charge < -0.3 is 37.6 Å². The van der Waals surface area contributed by atoms with Crippen molar-refractivity contribution in [2.45, 2.75) is 63.7 Å². The molecule has 1 rings (SSSR count). The average Bonchev–Trinajstić information content (AvgIpc) is 2.77. The molecule has 0 aliphatic carbocycles. The molecule has 198 valence electrons. The Balaban J connectivity index is 3.13. The Morgan fingerprint density at radius 1 is 0.806 bits per heavy atom. The SMILES string of the molecule is CC(C)CC(NC(=O)C(Cc1ccccc1)NC(=O)C(CC(=O)O)NC(=O)C(N)CC(N)=O)C(=O)O. The molecule has 4 unspecified atom stereocenters. The van der Waals surface area contributed by atoms with Crippen LogP contribution in [0.2, 0.25) is 0 Å². The minimum absolute atomic E-state index is 0.0403. The number of rotatable bonds is 15. The van der Waals surface area contributed by atoms with Crippen LogP contribution >= 0.6 is 0 Å². The molecular formula is C23H33N5O8. The molecule has 36 heavy (non-hydrogen) atoms. The van der Waals surface area contributed by atoms with Crippen LogP contribution in [0.5, 0.6) is 0 Å². The van der Waals surface area contributed by atoms with Crippen molar-refractivity contribution in [3.8, 4) is 0 Å². The van der Waals surface area contributed by atoms with Crippen LogP contribution in [0.4, 0.5) is 0 Å². The predicted molar refractivity (Wildman–Crippen MR) is 127 cm³/mol. The summed E-state index contributed by atoms with van der Waals surface area (Å²) in [6.07, 6.45) is -1.27. The first-order chi connectivity index (χ1) is 16.8. The fraction of sp³-hybridized carbons (Fsp3) is 0.478. The number of benzene rings is 1. The van der Waals surface area contributed by atoms with Gasteiger partial charge in [0.1, 0.15) is 18.1 Å². The number of carboxylic acids is 2. The average molecular weight is 508 g/mol. The molecule has 0 aliphatic rings. The van der Waals surface area contributed by atoms with Crippen molar-refractivity contribution in [3.05, 3.63) is 35.9 Å². The molecule has 0 aliphatic heterocycles. The lowest BCUT2D eigenvalue weighted by atomic mass is 10.0. The second kappa shape index (κ2) is 14.4. The summed E-state index contributed by atoms with van der Waals surface area (Å²) in [4.78, 5) is 72.1. The summed E-state index contributed by atoms with van der Waals surface area (Å²) in [5.41, 5.74) is 11.2. The van der Waals surface area contributed by atoms with Gasteiger partial charge in [-0.15, -0.1) is 0 Å². The maximum atomic E-state index is 13.0. The quantitative estimate of drug-likeness (QED) is 0.146. The van der Waals surface area contributed by atoms with Gasteiger partial charge in [0.05, 0.1) is 18.9 Å². The Kier molecular flexibility index (Phi) is 12.0. The van der Waals surface area contributed by atoms with Crippen LogP contribution in [0.25, 0.3) is 0 Å². The first-order valence-corrected chi connectivity index (χ1v) is 11.2. The summed E-state index contributed by atoms with van der Waals surface area (Å²) in [7, 11) is 0. The Bertz CT molecular complexity index is 953. The van der Waals surface area contributed by atoms with E-state index in [2.05, 4.69) is 16.0 Å². The molecule has 9 N–H and O–H groups in total. The molecule has 4 amide bonds. The van der Waals surface area contributed by atoms with Gasteiger partial charge in [0, 0.05) is 6.42 Å². The van der Waals surface area contributed by atoms with Gasteiger partial charge in [-0.05, 0) is 17.9 Å². The first-order valence-electron chi connectivity index (χ1n) is 11.2. The number of aliphatic carboxylic acids is 2. The number of carbonyl (C=O) groups is 6. The predicted octanol–water partition coefficient (Wildman–Crippen LogP) is -1.51. The van der Waals surface area contributed by atoms with Crippen molar-refractivity contribution in [1.29, 1.82) is 0 Å². The van der Waals surface area contributed by atoms with Gasteiger partial charge in [0.25, 0.3) is 0 Å². The van der Waals surface area contributed by atoms with Gasteiger partial charge in [0.2, 0.25) is 23.6 Å². The van der Waals surface area contributed by atoms with E-state index in [1.807, 2.05) is 0 Å². The van der Waals surface area contributed by atoms with E-state index >= 15 is 0 Å². The fourth-order valence-corrected chi connectivity index (χ4v) is 3.27. The van der Waals surface area contributed by atoms with E-state index in [0.717, 1.165) is 0 Å². The molecule has 13 nitrogen and oxygen atoms in total. The summed E-state index contributed by atoms with van der Waals surface area (Å²) in [5, 5.41) is 25.6. The van der Waals surface area contributed by atoms with E-state index in [9.17, 15) is 39.0 Å². The largest absolute Gasteiger partial charge is 0.481 e. The Hall–Kier alpha value is -4.00. The second-order valence-electron chi connectivity index (χ2n) is 8.72. The highest BCUT2D eigenvalue weighted by atomic mass is 16.4. The third kappa shape index (κ3) is 11.0. The third-order valence-corrected chi connectivity index (χ3v) is 5.01. The molecule has 0 fully saturated rings. The lowest BCUT2D eigenvalue weighted by Gasteiger charge is -2.25. The summed E-state index contributed by atoms with van der Waals surface area (Å²) >= 11 is 0. The first kappa shape index (κ1) is 30.0. The smallest absolute Gasteiger partial charge is 0.326 e. The Morgan fingerprint density at radius 3 is 1.83 bits per heavy atom. The van der Waals surface area contributed by atoms with Crippen molar-refractivity contribution < 1.29 is 39.0 Å². The second-order valence-corrected chi connectivity index (χ2v) is 8.72. The molecule has 4 atom stereocenters. The highest BCUT2D eigenvalue weighted by Gasteiger charge is 2.32. The van der Waals surface area contributed by atoms with Gasteiger partial charge in [-0.3, -0.25) is 24.0 Å². The molecular weight excluding hydrogens is 474 g/mol. The molecule has 0 saturated heterocycles. The van der Waals surface area contributed by atoms with Gasteiger partial charge in [-0.1, -0.05) is 44.2 Å². The van der Waals surface area contributed by atoms with E-state index in [1.165, 1.54) is 0 Å². The van der Waals surface area contributed by atoms with Crippen LogP contribution in [0, 0.1) is 5.92 Å². The van der Waals surface area contributed by atoms with Crippen molar-refractivity contribution in [2.24, 2.45) is 17.4 Å². The van der Waals surface area contributed by atoms with Crippen molar-refractivity contribution in [2.75, 3.05) is 0 Å². The number of carboxylic acid groups (broad SMARTS) is 2. The van der Waals surface area contributed by atoms with Crippen LogP contribution in [0.3, 0.4) is 0 Å². The zero-order chi connectivity index (χ0) is 27.4. The van der Waals surface area contributed by atoms with Crippen molar-refractivity contribution >= 4 is 35.6 Å². The lowest BCUT2D eigenvalue weighted by molar-refractivity contribution is -0.143. The van der Waals surface area contributed by atoms with E-state index in [4.69, 9.17) is 11.5 Å². The Labute approximate surface area is 208 Å². The maximum absolute atomic E-state index is 13.0. The monoisotopic (exact) mass is 507 g/mol. The van der Waals surface area contributed by atoms with E-state index in [-0.39, 0.29) is 18.8 Å². The molecule has 0 saturated carbocycles. The minimum atomic E-state index is -1.63. The van der Waals surface area contributed by atoms with Crippen LogP contribution in [-0.2, 0) is 35.2 Å². The number of nitrogens with one attached hydrogen (secondary N) is 3. The maximum Gasteiger partial charge on any atom is 0.326 e. The zero-order valence-corrected chi connectivity index (χ0v) is 20.1. The fourth-order valence-electron chi connectivity index (χ4n) is 3.27. The molecule has 1 aromatic rings. The summed E-state index contributed by atoms with van der Waals surface area (Å²) in [6, 6.07) is 2.98. The highest BCUT2D eigenvalue weighted by molar-refractivity contribution is 5.96. The summed E-state index contributed by atoms with van der Waals surface area (Å²) in [6.45, 7) is 3.57. The number of amides is 4. The van der Waals surface area contributed by atoms with Crippen LogP contribution < -0.4 is 27.4 Å². The van der Waals surface area contributed by atoms with Crippen LogP contribution in [0.1, 0.15) is 38.7 Å². The van der Waals surface area contributed by atoms with Gasteiger partial charge in [-0.25, -0.2) is 4.79 Å². The van der Waals surface area contributed by atoms with Gasteiger partial charge in [0.15, 0.2) is 0 Å². The summed E-state index contributed by atoms with van der Waals surface area (Å²) < 4.78 is 0. The van der Waals surface area contributed by atoms with E-state index < -0.39 is 72.6 Å². The number of carbonyl (C=O) groups excluding carboxylic acids is 4. The topological polar surface area (TPSA) is 231 Å². The molecule has 0 heterocycles. The molecule has 1 aromatic carbocycles. The van der Waals surface area contributed by atoms with Crippen molar-refractivity contribution in [3.63, 3.8) is 0 Å². The standard InChI is InChI=1S/C23H33N5O8/c1-12(2)8-17(23(35)36)28-21(33)15(9-13-6-4-3-5-7-13)27-22(34)16(11-19(30)31)26-20(32)14(24)10-18(25)29/h3-7,12,14-17H,8-11,24H2,1-2H3,(H2,25,29)(H,26,32)(H,27,34)(H,28,33)(H,30,31)(H,35,36). The third-order valence-electron chi connectivity index (χ3n) is 5.01. The highest BCUT2D eigenvalue weighted by Crippen LogP contribution is 2.09. The van der Waals surface area contributed by atoms with Gasteiger partial charge >= 0.3 is 11.9 Å². The van der Waals surface area contributed by atoms with E-state index in [1.54, 1.807) is 44.2 Å². The molecule has 0 radical (unpaired) electrons. The number of primary amides is 1. The Morgan fingerprint density at radius 2 is 1.33 bits per heavy atom. The minimum Gasteiger partial charge on any atom is -0.481 e.